The molecule has 0 saturated heterocycles. The van der Waals surface area contributed by atoms with Crippen LogP contribution < -0.4 is 5.56 Å². The minimum atomic E-state index is -0.225. The number of hydrogen-bond acceptors (Lipinski definition) is 3. The van der Waals surface area contributed by atoms with Crippen molar-refractivity contribution < 1.29 is 4.74 Å². The Kier molecular flexibility index (Phi) is 1.98. The molecule has 0 fully saturated rings. The molecule has 2 aromatic heterocycles. The van der Waals surface area contributed by atoms with Crippen LogP contribution in [0.25, 0.3) is 11.0 Å². The second-order valence-electron chi connectivity index (χ2n) is 5.18. The van der Waals surface area contributed by atoms with Crippen LogP contribution in [-0.4, -0.2) is 20.8 Å². The zero-order valence-electron chi connectivity index (χ0n) is 10.2. The maximum absolute atomic E-state index is 11.8. The first-order valence-electron chi connectivity index (χ1n) is 5.70. The van der Waals surface area contributed by atoms with Crippen molar-refractivity contribution >= 4 is 11.0 Å². The molecule has 0 saturated carbocycles. The van der Waals surface area contributed by atoms with Gasteiger partial charge in [0.15, 0.2) is 5.65 Å². The third-order valence-corrected chi connectivity index (χ3v) is 3.35. The van der Waals surface area contributed by atoms with Crippen LogP contribution >= 0.6 is 0 Å². The van der Waals surface area contributed by atoms with Gasteiger partial charge in [0, 0.05) is 17.7 Å². The molecule has 0 aromatic carbocycles. The largest absolute Gasteiger partial charge is 0.370 e. The molecular weight excluding hydrogens is 218 g/mol. The van der Waals surface area contributed by atoms with Crippen molar-refractivity contribution in [3.05, 3.63) is 27.2 Å². The fourth-order valence-corrected chi connectivity index (χ4v) is 2.45. The summed E-state index contributed by atoms with van der Waals surface area (Å²) in [7, 11) is 0. The maximum Gasteiger partial charge on any atom is 0.273 e. The van der Waals surface area contributed by atoms with Gasteiger partial charge in [-0.15, -0.1) is 0 Å². The molecule has 1 aliphatic rings. The second kappa shape index (κ2) is 3.20. The van der Waals surface area contributed by atoms with E-state index >= 15 is 0 Å². The number of fused-ring (bicyclic) bond motifs is 3. The summed E-state index contributed by atoms with van der Waals surface area (Å²) in [6.07, 6.45) is 0.739. The number of aromatic nitrogens is 3. The summed E-state index contributed by atoms with van der Waals surface area (Å²) in [5.74, 6) is 0. The standard InChI is InChI=1S/C12H15N3O2/c1-6-8-5-17-12(2,3)4-7(8)9-10(13-6)14-15-11(9)16/h4-5H2,1-3H3,(H2,13,14,15,16). The van der Waals surface area contributed by atoms with E-state index in [1.165, 1.54) is 0 Å². The number of nitrogens with zero attached hydrogens (tertiary/aromatic N) is 1. The van der Waals surface area contributed by atoms with Crippen molar-refractivity contribution in [3.63, 3.8) is 0 Å². The predicted molar refractivity (Wildman–Crippen MR) is 64.0 cm³/mol. The number of aromatic amines is 2. The van der Waals surface area contributed by atoms with Crippen LogP contribution in [0.4, 0.5) is 0 Å². The van der Waals surface area contributed by atoms with Crippen molar-refractivity contribution in [2.45, 2.75) is 39.4 Å². The highest BCUT2D eigenvalue weighted by Gasteiger charge is 2.30. The number of pyridine rings is 1. The SMILES string of the molecule is Cc1nc2[nH][nH]c(=O)c2c2c1COC(C)(C)C2. The van der Waals surface area contributed by atoms with Gasteiger partial charge in [-0.2, -0.15) is 0 Å². The quantitative estimate of drug-likeness (QED) is 0.722. The zero-order valence-corrected chi connectivity index (χ0v) is 10.2. The molecule has 5 heteroatoms. The smallest absolute Gasteiger partial charge is 0.273 e. The summed E-state index contributed by atoms with van der Waals surface area (Å²) in [6.45, 7) is 6.56. The Hall–Kier alpha value is -1.62. The topological polar surface area (TPSA) is 70.8 Å². The highest BCUT2D eigenvalue weighted by molar-refractivity contribution is 5.80. The highest BCUT2D eigenvalue weighted by Crippen LogP contribution is 2.31. The van der Waals surface area contributed by atoms with Gasteiger partial charge in [-0.05, 0) is 26.3 Å². The van der Waals surface area contributed by atoms with E-state index in [0.29, 0.717) is 17.6 Å². The van der Waals surface area contributed by atoms with Gasteiger partial charge in [0.05, 0.1) is 17.6 Å². The van der Waals surface area contributed by atoms with Gasteiger partial charge in [0.25, 0.3) is 5.56 Å². The maximum atomic E-state index is 11.8. The Morgan fingerprint density at radius 2 is 2.06 bits per heavy atom. The van der Waals surface area contributed by atoms with Gasteiger partial charge < -0.3 is 4.74 Å². The zero-order chi connectivity index (χ0) is 12.2. The number of hydrogen-bond donors (Lipinski definition) is 2. The molecule has 0 amide bonds. The normalized spacial score (nSPS) is 18.3. The Labute approximate surface area is 98.2 Å². The lowest BCUT2D eigenvalue weighted by Crippen LogP contribution is -2.33. The lowest BCUT2D eigenvalue weighted by atomic mass is 9.90. The van der Waals surface area contributed by atoms with E-state index in [0.717, 1.165) is 23.2 Å². The van der Waals surface area contributed by atoms with E-state index in [4.69, 9.17) is 4.74 Å². The summed E-state index contributed by atoms with van der Waals surface area (Å²) < 4.78 is 5.78. The van der Waals surface area contributed by atoms with Gasteiger partial charge in [-0.1, -0.05) is 0 Å². The molecule has 1 aliphatic heterocycles. The average molecular weight is 233 g/mol. The van der Waals surface area contributed by atoms with E-state index in [1.54, 1.807) is 0 Å². The summed E-state index contributed by atoms with van der Waals surface area (Å²) in [6, 6.07) is 0. The van der Waals surface area contributed by atoms with E-state index < -0.39 is 0 Å². The van der Waals surface area contributed by atoms with Crippen molar-refractivity contribution in [1.82, 2.24) is 15.2 Å². The van der Waals surface area contributed by atoms with Gasteiger partial charge in [-0.25, -0.2) is 4.98 Å². The third-order valence-electron chi connectivity index (χ3n) is 3.35. The van der Waals surface area contributed by atoms with Crippen molar-refractivity contribution in [2.75, 3.05) is 0 Å². The molecule has 0 spiro atoms. The van der Waals surface area contributed by atoms with E-state index in [2.05, 4.69) is 15.2 Å². The van der Waals surface area contributed by atoms with Crippen LogP contribution in [0.5, 0.6) is 0 Å². The van der Waals surface area contributed by atoms with E-state index in [9.17, 15) is 4.79 Å². The molecule has 2 aromatic rings. The predicted octanol–water partition coefficient (Wildman–Crippen LogP) is 1.41. The van der Waals surface area contributed by atoms with Gasteiger partial charge in [0.2, 0.25) is 0 Å². The number of aryl methyl sites for hydroxylation is 1. The molecule has 0 atom stereocenters. The first kappa shape index (κ1) is 10.5. The molecule has 3 rings (SSSR count). The van der Waals surface area contributed by atoms with Crippen LogP contribution in [0.15, 0.2) is 4.79 Å². The van der Waals surface area contributed by atoms with E-state index in [-0.39, 0.29) is 11.2 Å². The minimum absolute atomic E-state index is 0.0959. The Bertz CT molecular complexity index is 652. The number of H-pyrrole nitrogens is 2. The molecular formula is C12H15N3O2. The summed E-state index contributed by atoms with van der Waals surface area (Å²) in [5.41, 5.74) is 3.38. The van der Waals surface area contributed by atoms with Gasteiger partial charge >= 0.3 is 0 Å². The Balaban J connectivity index is 2.38. The van der Waals surface area contributed by atoms with Crippen LogP contribution in [0.3, 0.4) is 0 Å². The van der Waals surface area contributed by atoms with Crippen LogP contribution in [0, 0.1) is 6.92 Å². The van der Waals surface area contributed by atoms with Crippen molar-refractivity contribution in [3.8, 4) is 0 Å². The molecule has 0 aliphatic carbocycles. The lowest BCUT2D eigenvalue weighted by Gasteiger charge is -2.32. The molecule has 3 heterocycles. The summed E-state index contributed by atoms with van der Waals surface area (Å²) in [4.78, 5) is 16.2. The third kappa shape index (κ3) is 1.50. The minimum Gasteiger partial charge on any atom is -0.370 e. The summed E-state index contributed by atoms with van der Waals surface area (Å²) >= 11 is 0. The fraction of sp³-hybridized carbons (Fsp3) is 0.500. The molecule has 0 unspecified atom stereocenters. The van der Waals surface area contributed by atoms with Crippen LogP contribution in [0.2, 0.25) is 0 Å². The second-order valence-corrected chi connectivity index (χ2v) is 5.18. The number of rotatable bonds is 0. The van der Waals surface area contributed by atoms with Crippen LogP contribution in [0.1, 0.15) is 30.7 Å². The van der Waals surface area contributed by atoms with E-state index in [1.807, 2.05) is 20.8 Å². The van der Waals surface area contributed by atoms with Crippen LogP contribution in [-0.2, 0) is 17.8 Å². The number of ether oxygens (including phenoxy) is 1. The summed E-state index contributed by atoms with van der Waals surface area (Å²) in [5, 5.41) is 6.10. The van der Waals surface area contributed by atoms with Gasteiger partial charge in [-0.3, -0.25) is 15.0 Å². The first-order valence-corrected chi connectivity index (χ1v) is 5.70. The van der Waals surface area contributed by atoms with Crippen molar-refractivity contribution in [1.29, 1.82) is 0 Å². The molecule has 17 heavy (non-hydrogen) atoms. The molecule has 90 valence electrons. The molecule has 5 nitrogen and oxygen atoms in total. The fourth-order valence-electron chi connectivity index (χ4n) is 2.45. The monoisotopic (exact) mass is 233 g/mol. The molecule has 2 N–H and O–H groups in total. The first-order chi connectivity index (χ1) is 7.98. The Morgan fingerprint density at radius 1 is 1.29 bits per heavy atom. The van der Waals surface area contributed by atoms with Crippen molar-refractivity contribution in [2.24, 2.45) is 0 Å². The molecule has 0 bridgehead atoms. The number of nitrogens with one attached hydrogen (secondary N) is 2. The highest BCUT2D eigenvalue weighted by atomic mass is 16.5. The lowest BCUT2D eigenvalue weighted by molar-refractivity contribution is -0.0400. The van der Waals surface area contributed by atoms with Gasteiger partial charge in [0.1, 0.15) is 0 Å². The Morgan fingerprint density at radius 3 is 2.82 bits per heavy atom. The average Bonchev–Trinajstić information content (AvgIpc) is 2.58. The molecule has 0 radical (unpaired) electrons.